The molecule has 0 fully saturated rings. The van der Waals surface area contributed by atoms with Crippen molar-refractivity contribution in [1.29, 1.82) is 0 Å². The zero-order valence-electron chi connectivity index (χ0n) is 70.2. The van der Waals surface area contributed by atoms with Crippen molar-refractivity contribution in [3.8, 4) is 111 Å². The largest absolute Gasteiger partial charge is 0.310 e. The number of hydrogen-bond acceptors (Lipinski definition) is 2. The molecule has 0 radical (unpaired) electrons. The Bertz CT molecular complexity index is 7090. The van der Waals surface area contributed by atoms with Gasteiger partial charge in [-0.2, -0.15) is 0 Å². The van der Waals surface area contributed by atoms with Gasteiger partial charge in [-0.1, -0.05) is 367 Å². The van der Waals surface area contributed by atoms with Crippen LogP contribution in [-0.2, 0) is 32.5 Å². The third-order valence-corrected chi connectivity index (χ3v) is 31.9. The molecule has 10 aliphatic rings. The molecule has 0 atom stereocenters. The summed E-state index contributed by atoms with van der Waals surface area (Å²) in [5.41, 5.74) is 56.3. The molecule has 586 valence electrons. The van der Waals surface area contributed by atoms with Gasteiger partial charge in [0, 0.05) is 45.0 Å². The molecule has 10 aliphatic carbocycles. The summed E-state index contributed by atoms with van der Waals surface area (Å²) in [5.74, 6) is 0. The van der Waals surface area contributed by atoms with Crippen molar-refractivity contribution in [2.24, 2.45) is 0 Å². The quantitative estimate of drug-likeness (QED) is 0.164. The summed E-state index contributed by atoms with van der Waals surface area (Å²) in [5, 5.41) is 0. The zero-order chi connectivity index (χ0) is 82.8. The van der Waals surface area contributed by atoms with Gasteiger partial charge >= 0.3 is 0 Å². The topological polar surface area (TPSA) is 6.48 Å². The van der Waals surface area contributed by atoms with Crippen molar-refractivity contribution in [3.63, 3.8) is 0 Å². The molecule has 29 rings (SSSR count). The molecular weight excluding hydrogens is 1520 g/mol. The predicted octanol–water partition coefficient (Wildman–Crippen LogP) is 30.6. The minimum absolute atomic E-state index is 0.446. The lowest BCUT2D eigenvalue weighted by Gasteiger charge is -2.34. The molecule has 0 bridgehead atoms. The Morgan fingerprint density at radius 2 is 0.254 bits per heavy atom. The second-order valence-corrected chi connectivity index (χ2v) is 37.8. The van der Waals surface area contributed by atoms with Crippen LogP contribution in [0.25, 0.3) is 111 Å². The van der Waals surface area contributed by atoms with Crippen molar-refractivity contribution >= 4 is 34.1 Å². The molecule has 0 N–H and O–H groups in total. The standard InChI is InChI=1S/C124H80N2/c1-119(2)111-67-73(125(75-53-59-91-87-37-13-25-49-107(87)121(113(91)69-75)99-41-17-5-29-79(99)80-30-6-18-42-100(80)121)76-54-60-92-88-38-14-26-50-108(88)122(114(92)70-76)101-43-19-7-31-81(101)82-32-8-20-44-102(82)122)57-63-95(111)97-65-66-98-96-64-58-74(68-112(96)120(3,4)118(98)117(97)119)126(77-55-61-93-89-39-15-27-51-109(89)123(115(93)71-77)103-45-21-9-33-83(103)84-34-10-22-46-104(84)123)78-56-62-94-90-40-16-28-52-110(90)124(116(94)72-78)105-47-23-11-35-85(105)86-36-12-24-48-106(86)124/h5-72H,1-4H3. The fourth-order valence-electron chi connectivity index (χ4n) is 27.2. The monoisotopic (exact) mass is 1600 g/mol. The van der Waals surface area contributed by atoms with Crippen molar-refractivity contribution < 1.29 is 0 Å². The molecule has 0 heterocycles. The van der Waals surface area contributed by atoms with Crippen molar-refractivity contribution in [1.82, 2.24) is 0 Å². The van der Waals surface area contributed by atoms with Gasteiger partial charge in [0.2, 0.25) is 0 Å². The number of anilines is 6. The molecular formula is C124H80N2. The van der Waals surface area contributed by atoms with Gasteiger partial charge in [-0.25, -0.2) is 0 Å². The number of fused-ring (bicyclic) bond motifs is 47. The molecule has 0 amide bonds. The maximum atomic E-state index is 2.63. The van der Waals surface area contributed by atoms with Crippen LogP contribution in [-0.4, -0.2) is 0 Å². The Morgan fingerprint density at radius 3 is 0.421 bits per heavy atom. The molecule has 0 saturated heterocycles. The first-order valence-electron chi connectivity index (χ1n) is 44.9. The van der Waals surface area contributed by atoms with Gasteiger partial charge in [-0.3, -0.25) is 0 Å². The van der Waals surface area contributed by atoms with Crippen LogP contribution in [0.15, 0.2) is 413 Å². The maximum absolute atomic E-state index is 2.63. The Balaban J connectivity index is 0.613. The van der Waals surface area contributed by atoms with E-state index < -0.39 is 32.5 Å². The van der Waals surface area contributed by atoms with Gasteiger partial charge in [0.1, 0.15) is 0 Å². The minimum Gasteiger partial charge on any atom is -0.310 e. The van der Waals surface area contributed by atoms with Crippen LogP contribution in [0, 0.1) is 0 Å². The van der Waals surface area contributed by atoms with Gasteiger partial charge in [0.25, 0.3) is 0 Å². The summed E-state index contributed by atoms with van der Waals surface area (Å²) >= 11 is 0. The van der Waals surface area contributed by atoms with E-state index in [9.17, 15) is 0 Å². The summed E-state index contributed by atoms with van der Waals surface area (Å²) in [6.07, 6.45) is 0. The maximum Gasteiger partial charge on any atom is 0.0726 e. The lowest BCUT2D eigenvalue weighted by Crippen LogP contribution is -2.27. The van der Waals surface area contributed by atoms with Crippen molar-refractivity contribution in [2.75, 3.05) is 9.80 Å². The summed E-state index contributed by atoms with van der Waals surface area (Å²) in [4.78, 5) is 5.25. The third-order valence-electron chi connectivity index (χ3n) is 31.9. The van der Waals surface area contributed by atoms with Crippen LogP contribution < -0.4 is 9.80 Å². The summed E-state index contributed by atoms with van der Waals surface area (Å²) in [6.45, 7) is 10.1. The Morgan fingerprint density at radius 1 is 0.127 bits per heavy atom. The fraction of sp³-hybridized carbons (Fsp3) is 0.0806. The summed E-state index contributed by atoms with van der Waals surface area (Å²) in [6, 6.07) is 161. The number of rotatable bonds is 6. The second kappa shape index (κ2) is 24.0. The molecule has 0 unspecified atom stereocenters. The van der Waals surface area contributed by atoms with E-state index in [1.165, 1.54) is 223 Å². The van der Waals surface area contributed by atoms with Crippen LogP contribution in [0.5, 0.6) is 0 Å². The van der Waals surface area contributed by atoms with E-state index in [0.717, 1.165) is 34.1 Å². The normalized spacial score (nSPS) is 15.8. The summed E-state index contributed by atoms with van der Waals surface area (Å²) in [7, 11) is 0. The van der Waals surface area contributed by atoms with E-state index >= 15 is 0 Å². The Hall–Kier alpha value is -15.2. The van der Waals surface area contributed by atoms with Crippen LogP contribution in [0.3, 0.4) is 0 Å². The van der Waals surface area contributed by atoms with Gasteiger partial charge < -0.3 is 9.80 Å². The van der Waals surface area contributed by atoms with Crippen LogP contribution >= 0.6 is 0 Å². The van der Waals surface area contributed by atoms with E-state index in [2.05, 4.69) is 450 Å². The molecule has 4 spiro atoms. The fourth-order valence-corrected chi connectivity index (χ4v) is 27.2. The van der Waals surface area contributed by atoms with Crippen LogP contribution in [0.1, 0.15) is 139 Å². The smallest absolute Gasteiger partial charge is 0.0726 e. The molecule has 126 heavy (non-hydrogen) atoms. The van der Waals surface area contributed by atoms with Crippen molar-refractivity contribution in [3.05, 3.63) is 524 Å². The highest BCUT2D eigenvalue weighted by atomic mass is 15.2. The second-order valence-electron chi connectivity index (χ2n) is 37.8. The number of nitrogens with zero attached hydrogens (tertiary/aromatic N) is 2. The highest BCUT2D eigenvalue weighted by Gasteiger charge is 2.58. The zero-order valence-corrected chi connectivity index (χ0v) is 70.2. The lowest BCUT2D eigenvalue weighted by atomic mass is 9.70. The first-order chi connectivity index (χ1) is 62.0. The van der Waals surface area contributed by atoms with E-state index in [-0.39, 0.29) is 0 Å². The minimum atomic E-state index is -0.546. The van der Waals surface area contributed by atoms with Gasteiger partial charge in [-0.15, -0.1) is 0 Å². The summed E-state index contributed by atoms with van der Waals surface area (Å²) < 4.78 is 0. The number of hydrogen-bond donors (Lipinski definition) is 0. The first-order valence-corrected chi connectivity index (χ1v) is 44.9. The highest BCUT2D eigenvalue weighted by Crippen LogP contribution is 2.71. The Labute approximate surface area is 734 Å². The predicted molar refractivity (Wildman–Crippen MR) is 516 cm³/mol. The number of benzene rings is 19. The van der Waals surface area contributed by atoms with E-state index in [1.54, 1.807) is 0 Å². The first kappa shape index (κ1) is 69.3. The Kier molecular flexibility index (Phi) is 13.2. The molecule has 19 aromatic rings. The van der Waals surface area contributed by atoms with E-state index in [1.807, 2.05) is 0 Å². The molecule has 0 aliphatic heterocycles. The lowest BCUT2D eigenvalue weighted by molar-refractivity contribution is 0.601. The van der Waals surface area contributed by atoms with Crippen molar-refractivity contribution in [2.45, 2.75) is 60.2 Å². The van der Waals surface area contributed by atoms with Crippen LogP contribution in [0.2, 0.25) is 0 Å². The third kappa shape index (κ3) is 8.07. The van der Waals surface area contributed by atoms with Gasteiger partial charge in [-0.05, 0) is 295 Å². The average Bonchev–Trinajstić information content (AvgIpc) is 1.53. The highest BCUT2D eigenvalue weighted by molar-refractivity contribution is 6.04. The molecule has 0 saturated carbocycles. The molecule has 19 aromatic carbocycles. The van der Waals surface area contributed by atoms with E-state index in [0.29, 0.717) is 0 Å². The molecule has 0 aromatic heterocycles. The average molecular weight is 1600 g/mol. The van der Waals surface area contributed by atoms with Crippen LogP contribution in [0.4, 0.5) is 34.1 Å². The molecule has 2 heteroatoms. The van der Waals surface area contributed by atoms with E-state index in [4.69, 9.17) is 0 Å². The van der Waals surface area contributed by atoms with Gasteiger partial charge in [0.05, 0.1) is 21.7 Å². The SMILES string of the molecule is CC1(C)c2cc(N(c3ccc4c(c3)C3(c5ccccc5-c5ccccc53)c3ccccc3-4)c3ccc4c(c3)C3(c5ccccc5-c5ccccc53)c3ccccc3-4)ccc2-c2ccc3c(c21)C(C)(C)c1cc(N(c2ccc4c(c2)C2(c5ccccc5-c5ccccc52)c2ccccc2-4)c2ccc4c(c2)C2(c5ccccc5-c5ccccc52)c2ccccc2-4)ccc1-3. The van der Waals surface area contributed by atoms with Gasteiger partial charge in [0.15, 0.2) is 0 Å². The molecule has 2 nitrogen and oxygen atoms in total.